The quantitative estimate of drug-likeness (QED) is 0.726. The highest BCUT2D eigenvalue weighted by molar-refractivity contribution is 6.17. The molecule has 0 radical (unpaired) electrons. The van der Waals surface area contributed by atoms with Gasteiger partial charge < -0.3 is 15.1 Å². The summed E-state index contributed by atoms with van der Waals surface area (Å²) in [5.74, 6) is 0.768. The normalized spacial score (nSPS) is 10.5. The van der Waals surface area contributed by atoms with E-state index in [4.69, 9.17) is 16.0 Å². The van der Waals surface area contributed by atoms with Crippen LogP contribution in [0.25, 0.3) is 0 Å². The number of rotatable bonds is 6. The highest BCUT2D eigenvalue weighted by Crippen LogP contribution is 2.05. The number of nitrogens with zero attached hydrogens (tertiary/aromatic N) is 2. The van der Waals surface area contributed by atoms with Crippen molar-refractivity contribution < 1.29 is 9.21 Å². The van der Waals surface area contributed by atoms with Gasteiger partial charge in [0.1, 0.15) is 0 Å². The number of hydrogen-bond acceptors (Lipinski definition) is 5. The number of amides is 1. The Balaban J connectivity index is 2.33. The van der Waals surface area contributed by atoms with Gasteiger partial charge in [-0.3, -0.25) is 4.79 Å². The molecule has 0 saturated carbocycles. The number of halogens is 1. The van der Waals surface area contributed by atoms with E-state index in [1.807, 2.05) is 13.8 Å². The molecule has 1 aromatic heterocycles. The van der Waals surface area contributed by atoms with Crippen molar-refractivity contribution in [2.24, 2.45) is 0 Å². The van der Waals surface area contributed by atoms with E-state index in [1.165, 1.54) is 0 Å². The lowest BCUT2D eigenvalue weighted by Crippen LogP contribution is -2.34. The maximum Gasteiger partial charge on any atom is 0.315 e. The topological polar surface area (TPSA) is 80.0 Å². The van der Waals surface area contributed by atoms with Gasteiger partial charge in [-0.2, -0.15) is 0 Å². The minimum absolute atomic E-state index is 0.112. The van der Waals surface area contributed by atoms with Gasteiger partial charge in [0.2, 0.25) is 11.8 Å². The Morgan fingerprint density at radius 2 is 2.25 bits per heavy atom. The molecule has 7 heteroatoms. The first kappa shape index (κ1) is 12.8. The van der Waals surface area contributed by atoms with Crippen LogP contribution in [-0.2, 0) is 11.2 Å². The van der Waals surface area contributed by atoms with E-state index in [9.17, 15) is 4.79 Å². The summed E-state index contributed by atoms with van der Waals surface area (Å²) in [5, 5.41) is 12.9. The van der Waals surface area contributed by atoms with Crippen molar-refractivity contribution in [3.8, 4) is 0 Å². The predicted octanol–water partition coefficient (Wildman–Crippen LogP) is 0.787. The molecule has 0 fully saturated rings. The number of alkyl halides is 1. The second-order valence-corrected chi connectivity index (χ2v) is 3.89. The van der Waals surface area contributed by atoms with Crippen LogP contribution in [-0.4, -0.2) is 34.6 Å². The number of hydrogen-bond donors (Lipinski definition) is 2. The van der Waals surface area contributed by atoms with Crippen molar-refractivity contribution in [1.29, 1.82) is 0 Å². The largest absolute Gasteiger partial charge is 0.408 e. The van der Waals surface area contributed by atoms with E-state index in [0.29, 0.717) is 18.2 Å². The van der Waals surface area contributed by atoms with Gasteiger partial charge >= 0.3 is 6.01 Å². The highest BCUT2D eigenvalue weighted by atomic mass is 35.5. The van der Waals surface area contributed by atoms with Crippen LogP contribution in [0.3, 0.4) is 0 Å². The molecule has 0 unspecified atom stereocenters. The molecule has 0 spiro atoms. The molecule has 90 valence electrons. The van der Waals surface area contributed by atoms with Gasteiger partial charge in [-0.1, -0.05) is 5.10 Å². The maximum atomic E-state index is 11.3. The van der Waals surface area contributed by atoms with Gasteiger partial charge in [0.05, 0.1) is 6.54 Å². The lowest BCUT2D eigenvalue weighted by atomic mass is 10.4. The summed E-state index contributed by atoms with van der Waals surface area (Å²) in [6.07, 6.45) is 0.522. The van der Waals surface area contributed by atoms with Gasteiger partial charge in [-0.15, -0.1) is 16.7 Å². The fourth-order valence-electron chi connectivity index (χ4n) is 1.04. The maximum absolute atomic E-state index is 11.3. The Bertz CT molecular complexity index is 340. The average molecular weight is 247 g/mol. The molecule has 1 heterocycles. The number of aryl methyl sites for hydroxylation is 1. The minimum Gasteiger partial charge on any atom is -0.408 e. The number of aromatic nitrogens is 2. The smallest absolute Gasteiger partial charge is 0.315 e. The fourth-order valence-corrected chi connectivity index (χ4v) is 1.20. The monoisotopic (exact) mass is 246 g/mol. The van der Waals surface area contributed by atoms with Crippen molar-refractivity contribution in [2.45, 2.75) is 26.3 Å². The second-order valence-electron chi connectivity index (χ2n) is 3.52. The van der Waals surface area contributed by atoms with Crippen molar-refractivity contribution >= 4 is 23.5 Å². The number of nitrogens with one attached hydrogen (secondary N) is 2. The van der Waals surface area contributed by atoms with Crippen LogP contribution in [0, 0.1) is 0 Å². The van der Waals surface area contributed by atoms with Crippen LogP contribution in [0.15, 0.2) is 4.42 Å². The molecule has 0 aliphatic heterocycles. The highest BCUT2D eigenvalue weighted by Gasteiger charge is 2.07. The minimum atomic E-state index is -0.118. The predicted molar refractivity (Wildman–Crippen MR) is 60.5 cm³/mol. The lowest BCUT2D eigenvalue weighted by molar-refractivity contribution is -0.119. The van der Waals surface area contributed by atoms with E-state index < -0.39 is 0 Å². The average Bonchev–Trinajstić information content (AvgIpc) is 2.62. The summed E-state index contributed by atoms with van der Waals surface area (Å²) >= 11 is 5.52. The third kappa shape index (κ3) is 4.48. The van der Waals surface area contributed by atoms with Crippen LogP contribution >= 0.6 is 11.6 Å². The molecular formula is C9H15ClN4O2. The summed E-state index contributed by atoms with van der Waals surface area (Å²) < 4.78 is 5.18. The van der Waals surface area contributed by atoms with Crippen molar-refractivity contribution in [3.63, 3.8) is 0 Å². The second kappa shape index (κ2) is 6.32. The molecule has 1 rings (SSSR count). The summed E-state index contributed by atoms with van der Waals surface area (Å²) in [6.45, 7) is 3.90. The van der Waals surface area contributed by atoms with Crippen LogP contribution in [0.2, 0.25) is 0 Å². The third-order valence-electron chi connectivity index (χ3n) is 1.63. The Labute approximate surface area is 98.8 Å². The van der Waals surface area contributed by atoms with Crippen molar-refractivity contribution in [3.05, 3.63) is 5.89 Å². The molecule has 1 amide bonds. The Morgan fingerprint density at radius 1 is 1.50 bits per heavy atom. The Morgan fingerprint density at radius 3 is 2.88 bits per heavy atom. The molecule has 2 N–H and O–H groups in total. The first-order chi connectivity index (χ1) is 7.61. The SMILES string of the molecule is CC(C)NC(=O)CNc1nnc(CCCl)o1. The van der Waals surface area contributed by atoms with E-state index in [1.54, 1.807) is 0 Å². The van der Waals surface area contributed by atoms with Crippen LogP contribution < -0.4 is 10.6 Å². The molecule has 0 saturated heterocycles. The van der Waals surface area contributed by atoms with Gasteiger partial charge in [0.15, 0.2) is 0 Å². The summed E-state index contributed by atoms with van der Waals surface area (Å²) in [7, 11) is 0. The van der Waals surface area contributed by atoms with Gasteiger partial charge in [-0.05, 0) is 13.8 Å². The van der Waals surface area contributed by atoms with E-state index in [-0.39, 0.29) is 24.5 Å². The van der Waals surface area contributed by atoms with Crippen molar-refractivity contribution in [1.82, 2.24) is 15.5 Å². The number of anilines is 1. The molecular weight excluding hydrogens is 232 g/mol. The summed E-state index contributed by atoms with van der Waals surface area (Å²) in [6, 6.07) is 0.350. The molecule has 0 aliphatic carbocycles. The molecule has 0 aliphatic rings. The summed E-state index contributed by atoms with van der Waals surface area (Å²) in [4.78, 5) is 11.3. The Hall–Kier alpha value is -1.30. The zero-order valence-corrected chi connectivity index (χ0v) is 10.0. The van der Waals surface area contributed by atoms with Crippen molar-refractivity contribution in [2.75, 3.05) is 17.7 Å². The third-order valence-corrected chi connectivity index (χ3v) is 1.81. The van der Waals surface area contributed by atoms with E-state index in [0.717, 1.165) is 0 Å². The lowest BCUT2D eigenvalue weighted by Gasteiger charge is -2.07. The Kier molecular flexibility index (Phi) is 5.04. The zero-order chi connectivity index (χ0) is 12.0. The number of carbonyl (C=O) groups is 1. The molecule has 1 aromatic rings. The van der Waals surface area contributed by atoms with Gasteiger partial charge in [0.25, 0.3) is 0 Å². The first-order valence-electron chi connectivity index (χ1n) is 5.03. The van der Waals surface area contributed by atoms with Gasteiger partial charge in [-0.25, -0.2) is 0 Å². The molecule has 0 aromatic carbocycles. The molecule has 0 atom stereocenters. The molecule has 6 nitrogen and oxygen atoms in total. The molecule has 0 bridgehead atoms. The first-order valence-corrected chi connectivity index (χ1v) is 5.57. The number of carbonyl (C=O) groups excluding carboxylic acids is 1. The van der Waals surface area contributed by atoms with E-state index >= 15 is 0 Å². The van der Waals surface area contributed by atoms with Crippen LogP contribution in [0.1, 0.15) is 19.7 Å². The zero-order valence-electron chi connectivity index (χ0n) is 9.29. The van der Waals surface area contributed by atoms with Crippen LogP contribution in [0.5, 0.6) is 0 Å². The molecule has 16 heavy (non-hydrogen) atoms. The summed E-state index contributed by atoms with van der Waals surface area (Å²) in [5.41, 5.74) is 0. The standard InChI is InChI=1S/C9H15ClN4O2/c1-6(2)12-7(15)5-11-9-14-13-8(16-9)3-4-10/h6H,3-5H2,1-2H3,(H,11,14)(H,12,15). The van der Waals surface area contributed by atoms with Gasteiger partial charge in [0, 0.05) is 18.3 Å². The van der Waals surface area contributed by atoms with E-state index in [2.05, 4.69) is 20.8 Å². The fraction of sp³-hybridized carbons (Fsp3) is 0.667. The van der Waals surface area contributed by atoms with Crippen LogP contribution in [0.4, 0.5) is 6.01 Å².